The minimum absolute atomic E-state index is 0.182. The van der Waals surface area contributed by atoms with Crippen molar-refractivity contribution in [1.82, 2.24) is 0 Å². The number of benzene rings is 1. The van der Waals surface area contributed by atoms with Gasteiger partial charge in [-0.1, -0.05) is 37.5 Å². The van der Waals surface area contributed by atoms with E-state index < -0.39 is 0 Å². The maximum Gasteiger partial charge on any atom is 0.0467 e. The van der Waals surface area contributed by atoms with Gasteiger partial charge in [-0.15, -0.1) is 0 Å². The van der Waals surface area contributed by atoms with Crippen LogP contribution in [0.3, 0.4) is 0 Å². The summed E-state index contributed by atoms with van der Waals surface area (Å²) >= 11 is 0. The van der Waals surface area contributed by atoms with Crippen LogP contribution in [0.5, 0.6) is 0 Å². The van der Waals surface area contributed by atoms with E-state index in [0.717, 1.165) is 12.8 Å². The monoisotopic (exact) mass is 185 g/mol. The maximum atomic E-state index is 7.34. The third-order valence-electron chi connectivity index (χ3n) is 2.64. The van der Waals surface area contributed by atoms with Crippen molar-refractivity contribution >= 4 is 0 Å². The van der Waals surface area contributed by atoms with Crippen LogP contribution in [0.15, 0.2) is 18.2 Å². The van der Waals surface area contributed by atoms with Gasteiger partial charge in [0, 0.05) is 5.92 Å². The lowest BCUT2D eigenvalue weighted by Crippen LogP contribution is -2.00. The van der Waals surface area contributed by atoms with Crippen molar-refractivity contribution in [2.45, 2.75) is 39.5 Å². The van der Waals surface area contributed by atoms with E-state index in [1.165, 1.54) is 16.7 Å². The predicted octanol–water partition coefficient (Wildman–Crippen LogP) is 3.78. The minimum Gasteiger partial charge on any atom is -0.0809 e. The average molecular weight is 185 g/mol. The van der Waals surface area contributed by atoms with Crippen molar-refractivity contribution < 1.29 is 0 Å². The molecule has 0 fully saturated rings. The molecule has 0 spiro atoms. The highest BCUT2D eigenvalue weighted by Gasteiger charge is 2.12. The van der Waals surface area contributed by atoms with E-state index in [4.69, 9.17) is 6.42 Å². The number of aryl methyl sites for hydroxylation is 2. The molecule has 0 aliphatic rings. The summed E-state index contributed by atoms with van der Waals surface area (Å²) in [5.41, 5.74) is 3.86. The van der Waals surface area contributed by atoms with E-state index >= 15 is 0 Å². The topological polar surface area (TPSA) is 0 Å². The fourth-order valence-corrected chi connectivity index (χ4v) is 1.95. The van der Waals surface area contributed by atoms with E-state index in [1.54, 1.807) is 0 Å². The van der Waals surface area contributed by atoms with Crippen LogP contribution in [0.25, 0.3) is 0 Å². The van der Waals surface area contributed by atoms with Gasteiger partial charge in [0.15, 0.2) is 0 Å². The summed E-state index contributed by atoms with van der Waals surface area (Å²) in [5.74, 6) is 2.83. The Morgan fingerprint density at radius 3 is 2.29 bits per heavy atom. The molecule has 14 heavy (non-hydrogen) atoms. The van der Waals surface area contributed by atoms with Gasteiger partial charge in [-0.05, 0) is 43.4 Å². The molecule has 0 aliphatic heterocycles. The summed E-state index contributed by atoms with van der Waals surface area (Å²) < 4.78 is 0. The van der Waals surface area contributed by atoms with Crippen LogP contribution < -0.4 is 0 Å². The first-order chi connectivity index (χ1) is 6.70. The quantitative estimate of drug-likeness (QED) is 0.629. The van der Waals surface area contributed by atoms with E-state index in [2.05, 4.69) is 44.9 Å². The van der Waals surface area contributed by atoms with E-state index in [-0.39, 0.29) is 5.92 Å². The Labute approximate surface area is 87.4 Å². The molecule has 1 radical (unpaired) electrons. The molecule has 1 rings (SSSR count). The lowest BCUT2D eigenvalue weighted by atomic mass is 9.88. The highest BCUT2D eigenvalue weighted by molar-refractivity contribution is 5.39. The molecular weight excluding hydrogens is 168 g/mol. The van der Waals surface area contributed by atoms with Crippen LogP contribution >= 0.6 is 0 Å². The van der Waals surface area contributed by atoms with Crippen molar-refractivity contribution in [2.75, 3.05) is 0 Å². The highest BCUT2D eigenvalue weighted by atomic mass is 14.1. The summed E-state index contributed by atoms with van der Waals surface area (Å²) in [4.78, 5) is 0. The molecule has 1 unspecified atom stereocenters. The molecule has 1 aromatic carbocycles. The van der Waals surface area contributed by atoms with Crippen LogP contribution in [0.2, 0.25) is 0 Å². The Kier molecular flexibility index (Phi) is 3.77. The van der Waals surface area contributed by atoms with Crippen LogP contribution in [0, 0.1) is 26.2 Å². The second-order valence-corrected chi connectivity index (χ2v) is 3.79. The van der Waals surface area contributed by atoms with Gasteiger partial charge in [-0.2, -0.15) is 0 Å². The van der Waals surface area contributed by atoms with Gasteiger partial charge < -0.3 is 0 Å². The first-order valence-electron chi connectivity index (χ1n) is 5.19. The SMILES string of the molecule is [C]#CC(CCC)c1c(C)cccc1C. The van der Waals surface area contributed by atoms with Gasteiger partial charge in [0.05, 0.1) is 0 Å². The van der Waals surface area contributed by atoms with E-state index in [9.17, 15) is 0 Å². The molecule has 0 nitrogen and oxygen atoms in total. The van der Waals surface area contributed by atoms with Crippen LogP contribution in [0.4, 0.5) is 0 Å². The Hall–Kier alpha value is -1.22. The fraction of sp³-hybridized carbons (Fsp3) is 0.429. The second kappa shape index (κ2) is 4.86. The molecule has 0 N–H and O–H groups in total. The van der Waals surface area contributed by atoms with Gasteiger partial charge in [0.2, 0.25) is 0 Å². The third kappa shape index (κ3) is 2.17. The molecule has 0 amide bonds. The fourth-order valence-electron chi connectivity index (χ4n) is 1.95. The standard InChI is InChI=1S/C14H17/c1-5-8-13(6-2)14-11(3)9-7-10-12(14)4/h7,9-10,13H,5,8H2,1,3-4H3. The van der Waals surface area contributed by atoms with E-state index in [0.29, 0.717) is 0 Å². The van der Waals surface area contributed by atoms with Gasteiger partial charge in [-0.25, -0.2) is 0 Å². The highest BCUT2D eigenvalue weighted by Crippen LogP contribution is 2.26. The molecule has 0 saturated heterocycles. The normalized spacial score (nSPS) is 12.1. The first-order valence-corrected chi connectivity index (χ1v) is 5.19. The summed E-state index contributed by atoms with van der Waals surface area (Å²) in [6.07, 6.45) is 9.47. The summed E-state index contributed by atoms with van der Waals surface area (Å²) in [7, 11) is 0. The summed E-state index contributed by atoms with van der Waals surface area (Å²) in [6.45, 7) is 6.38. The average Bonchev–Trinajstić information content (AvgIpc) is 2.16. The molecule has 0 bridgehead atoms. The molecule has 0 aliphatic carbocycles. The third-order valence-corrected chi connectivity index (χ3v) is 2.64. The summed E-state index contributed by atoms with van der Waals surface area (Å²) in [6, 6.07) is 6.30. The number of hydrogen-bond acceptors (Lipinski definition) is 0. The molecule has 0 aromatic heterocycles. The largest absolute Gasteiger partial charge is 0.0809 e. The number of rotatable bonds is 3. The summed E-state index contributed by atoms with van der Waals surface area (Å²) in [5, 5.41) is 0. The molecule has 0 heterocycles. The second-order valence-electron chi connectivity index (χ2n) is 3.79. The van der Waals surface area contributed by atoms with Crippen molar-refractivity contribution in [3.8, 4) is 5.92 Å². The molecule has 0 heteroatoms. The zero-order valence-corrected chi connectivity index (χ0v) is 9.22. The van der Waals surface area contributed by atoms with Gasteiger partial charge in [-0.3, -0.25) is 0 Å². The Bertz CT molecular complexity index is 321. The minimum atomic E-state index is 0.182. The van der Waals surface area contributed by atoms with Crippen molar-refractivity contribution in [1.29, 1.82) is 0 Å². The lowest BCUT2D eigenvalue weighted by Gasteiger charge is -2.15. The van der Waals surface area contributed by atoms with Gasteiger partial charge in [0.1, 0.15) is 0 Å². The van der Waals surface area contributed by atoms with E-state index in [1.807, 2.05) is 0 Å². The Balaban J connectivity index is 3.10. The number of hydrogen-bond donors (Lipinski definition) is 0. The van der Waals surface area contributed by atoms with Crippen LogP contribution in [0.1, 0.15) is 42.4 Å². The van der Waals surface area contributed by atoms with Crippen molar-refractivity contribution in [3.63, 3.8) is 0 Å². The van der Waals surface area contributed by atoms with Crippen molar-refractivity contribution in [3.05, 3.63) is 41.3 Å². The lowest BCUT2D eigenvalue weighted by molar-refractivity contribution is 0.726. The zero-order valence-electron chi connectivity index (χ0n) is 9.22. The predicted molar refractivity (Wildman–Crippen MR) is 60.7 cm³/mol. The molecule has 0 saturated carbocycles. The maximum absolute atomic E-state index is 7.34. The first kappa shape index (κ1) is 10.9. The van der Waals surface area contributed by atoms with Gasteiger partial charge >= 0.3 is 0 Å². The molecule has 1 aromatic rings. The molecular formula is C14H17. The van der Waals surface area contributed by atoms with Crippen LogP contribution in [-0.2, 0) is 0 Å². The smallest absolute Gasteiger partial charge is 0.0467 e. The molecule has 73 valence electrons. The van der Waals surface area contributed by atoms with Gasteiger partial charge in [0.25, 0.3) is 0 Å². The molecule has 1 atom stereocenters. The van der Waals surface area contributed by atoms with Crippen molar-refractivity contribution in [2.24, 2.45) is 0 Å². The Morgan fingerprint density at radius 2 is 1.86 bits per heavy atom. The van der Waals surface area contributed by atoms with Crippen LogP contribution in [-0.4, -0.2) is 0 Å². The zero-order chi connectivity index (χ0) is 10.6. The Morgan fingerprint density at radius 1 is 1.29 bits per heavy atom.